The van der Waals surface area contributed by atoms with Crippen LogP contribution in [-0.4, -0.2) is 9.97 Å². The molecule has 1 atom stereocenters. The lowest BCUT2D eigenvalue weighted by atomic mass is 10.1. The Labute approximate surface area is 129 Å². The summed E-state index contributed by atoms with van der Waals surface area (Å²) in [7, 11) is 0. The molecular weight excluding hydrogens is 312 g/mol. The second-order valence-electron chi connectivity index (χ2n) is 4.59. The molecule has 0 aromatic carbocycles. The molecule has 0 fully saturated rings. The smallest absolute Gasteiger partial charge is 0.260 e. The van der Waals surface area contributed by atoms with Crippen molar-refractivity contribution in [2.45, 2.75) is 25.6 Å². The number of aryl methyl sites for hydroxylation is 1. The molecule has 1 unspecified atom stereocenters. The fourth-order valence-corrected chi connectivity index (χ4v) is 4.19. The predicted molar refractivity (Wildman–Crippen MR) is 87.2 cm³/mol. The number of hydrogen-bond donors (Lipinski definition) is 1. The first-order valence-electron chi connectivity index (χ1n) is 6.31. The molecule has 6 heteroatoms. The van der Waals surface area contributed by atoms with Gasteiger partial charge in [-0.2, -0.15) is 0 Å². The Hall–Kier alpha value is -1.17. The summed E-state index contributed by atoms with van der Waals surface area (Å²) in [6, 6.07) is 2.06. The molecule has 0 aliphatic carbocycles. The highest BCUT2D eigenvalue weighted by Crippen LogP contribution is 2.36. The number of rotatable bonds is 3. The van der Waals surface area contributed by atoms with Crippen molar-refractivity contribution in [1.29, 1.82) is 0 Å². The van der Waals surface area contributed by atoms with E-state index in [-0.39, 0.29) is 10.9 Å². The van der Waals surface area contributed by atoms with E-state index in [9.17, 15) is 4.79 Å². The highest BCUT2D eigenvalue weighted by atomic mass is 35.5. The zero-order chi connectivity index (χ0) is 14.3. The largest absolute Gasteiger partial charge is 0.309 e. The van der Waals surface area contributed by atoms with Crippen LogP contribution in [0.3, 0.4) is 0 Å². The maximum absolute atomic E-state index is 12.4. The summed E-state index contributed by atoms with van der Waals surface area (Å²) in [5.74, 6) is 0.558. The van der Waals surface area contributed by atoms with Crippen LogP contribution in [0.2, 0.25) is 0 Å². The average Bonchev–Trinajstić information content (AvgIpc) is 3.03. The number of fused-ring (bicyclic) bond motifs is 1. The minimum absolute atomic E-state index is 0.104. The third kappa shape index (κ3) is 2.20. The molecular formula is C14H13ClN2OS2. The maximum Gasteiger partial charge on any atom is 0.260 e. The van der Waals surface area contributed by atoms with E-state index in [2.05, 4.69) is 23.0 Å². The number of hydrogen-bond acceptors (Lipinski definition) is 4. The maximum atomic E-state index is 12.4. The SMILES string of the molecule is CCC(Cl)c1nc2scc(-c3sccc3C)c2c(=O)[nH]1. The third-order valence-corrected chi connectivity index (χ3v) is 5.66. The fourth-order valence-electron chi connectivity index (χ4n) is 2.12. The molecule has 3 aromatic heterocycles. The molecule has 0 radical (unpaired) electrons. The number of aromatic nitrogens is 2. The molecule has 0 spiro atoms. The van der Waals surface area contributed by atoms with Gasteiger partial charge in [0.2, 0.25) is 0 Å². The van der Waals surface area contributed by atoms with Crippen LogP contribution in [0.25, 0.3) is 20.7 Å². The first-order chi connectivity index (χ1) is 9.61. The molecule has 1 N–H and O–H groups in total. The standard InChI is InChI=1S/C14H13ClN2OS2/c1-3-9(15)12-16-13(18)10-8(6-20-14(10)17-12)11-7(2)4-5-19-11/h4-6,9H,3H2,1-2H3,(H,16,17,18). The summed E-state index contributed by atoms with van der Waals surface area (Å²) < 4.78 is 0. The van der Waals surface area contributed by atoms with Gasteiger partial charge in [0, 0.05) is 15.8 Å². The van der Waals surface area contributed by atoms with E-state index in [4.69, 9.17) is 11.6 Å². The highest BCUT2D eigenvalue weighted by molar-refractivity contribution is 7.18. The van der Waals surface area contributed by atoms with E-state index >= 15 is 0 Å². The average molecular weight is 325 g/mol. The van der Waals surface area contributed by atoms with Crippen molar-refractivity contribution in [3.05, 3.63) is 38.6 Å². The van der Waals surface area contributed by atoms with Crippen LogP contribution in [0.1, 0.15) is 30.1 Å². The van der Waals surface area contributed by atoms with Crippen LogP contribution < -0.4 is 5.56 Å². The molecule has 3 aromatic rings. The summed E-state index contributed by atoms with van der Waals surface area (Å²) in [5, 5.41) is 4.46. The van der Waals surface area contributed by atoms with Crippen LogP contribution in [-0.2, 0) is 0 Å². The third-order valence-electron chi connectivity index (χ3n) is 3.22. The van der Waals surface area contributed by atoms with Gasteiger partial charge in [-0.05, 0) is 30.4 Å². The monoisotopic (exact) mass is 324 g/mol. The predicted octanol–water partition coefficient (Wildman–Crippen LogP) is 4.71. The van der Waals surface area contributed by atoms with Crippen molar-refractivity contribution < 1.29 is 0 Å². The first kappa shape index (κ1) is 13.8. The summed E-state index contributed by atoms with van der Waals surface area (Å²) >= 11 is 9.31. The Morgan fingerprint density at radius 2 is 2.25 bits per heavy atom. The number of nitrogens with zero attached hydrogens (tertiary/aromatic N) is 1. The van der Waals surface area contributed by atoms with Gasteiger partial charge in [-0.1, -0.05) is 6.92 Å². The van der Waals surface area contributed by atoms with Gasteiger partial charge in [0.15, 0.2) is 0 Å². The lowest BCUT2D eigenvalue weighted by Gasteiger charge is -2.05. The lowest BCUT2D eigenvalue weighted by Crippen LogP contribution is -2.12. The van der Waals surface area contributed by atoms with Gasteiger partial charge in [-0.25, -0.2) is 4.98 Å². The molecule has 0 aliphatic heterocycles. The Morgan fingerprint density at radius 1 is 1.45 bits per heavy atom. The molecule has 0 saturated carbocycles. The molecule has 104 valence electrons. The van der Waals surface area contributed by atoms with Crippen LogP contribution in [0, 0.1) is 6.92 Å². The minimum atomic E-state index is -0.249. The van der Waals surface area contributed by atoms with E-state index in [1.54, 1.807) is 11.3 Å². The molecule has 3 heterocycles. The summed E-state index contributed by atoms with van der Waals surface area (Å²) in [5.41, 5.74) is 2.05. The van der Waals surface area contributed by atoms with Gasteiger partial charge in [-0.15, -0.1) is 34.3 Å². The van der Waals surface area contributed by atoms with Crippen LogP contribution >= 0.6 is 34.3 Å². The van der Waals surface area contributed by atoms with Crippen LogP contribution in [0.5, 0.6) is 0 Å². The Morgan fingerprint density at radius 3 is 2.90 bits per heavy atom. The van der Waals surface area contributed by atoms with E-state index in [1.807, 2.05) is 17.7 Å². The number of thiophene rings is 2. The number of halogens is 1. The zero-order valence-corrected chi connectivity index (χ0v) is 13.5. The van der Waals surface area contributed by atoms with Crippen molar-refractivity contribution >= 4 is 44.5 Å². The highest BCUT2D eigenvalue weighted by Gasteiger charge is 2.17. The van der Waals surface area contributed by atoms with Crippen LogP contribution in [0.15, 0.2) is 21.6 Å². The van der Waals surface area contributed by atoms with Gasteiger partial charge in [0.25, 0.3) is 5.56 Å². The Bertz CT molecular complexity index is 818. The van der Waals surface area contributed by atoms with E-state index in [0.29, 0.717) is 11.2 Å². The molecule has 0 amide bonds. The summed E-state index contributed by atoms with van der Waals surface area (Å²) in [4.78, 5) is 21.6. The molecule has 0 bridgehead atoms. The van der Waals surface area contributed by atoms with Gasteiger partial charge in [0.1, 0.15) is 10.7 Å². The number of alkyl halides is 1. The summed E-state index contributed by atoms with van der Waals surface area (Å²) in [6.07, 6.45) is 0.734. The van der Waals surface area contributed by atoms with E-state index < -0.39 is 0 Å². The summed E-state index contributed by atoms with van der Waals surface area (Å²) in [6.45, 7) is 4.02. The number of aromatic amines is 1. The molecule has 3 rings (SSSR count). The van der Waals surface area contributed by atoms with Crippen LogP contribution in [0.4, 0.5) is 0 Å². The first-order valence-corrected chi connectivity index (χ1v) is 8.51. The van der Waals surface area contributed by atoms with E-state index in [0.717, 1.165) is 21.7 Å². The van der Waals surface area contributed by atoms with Crippen molar-refractivity contribution in [2.24, 2.45) is 0 Å². The molecule has 20 heavy (non-hydrogen) atoms. The molecule has 3 nitrogen and oxygen atoms in total. The minimum Gasteiger partial charge on any atom is -0.309 e. The second-order valence-corrected chi connectivity index (χ2v) is 6.89. The van der Waals surface area contributed by atoms with Crippen molar-refractivity contribution in [2.75, 3.05) is 0 Å². The number of nitrogens with one attached hydrogen (secondary N) is 1. The Balaban J connectivity index is 2.24. The lowest BCUT2D eigenvalue weighted by molar-refractivity contribution is 0.807. The quantitative estimate of drug-likeness (QED) is 0.709. The van der Waals surface area contributed by atoms with Gasteiger partial charge >= 0.3 is 0 Å². The Kier molecular flexibility index (Phi) is 3.67. The van der Waals surface area contributed by atoms with Crippen molar-refractivity contribution in [3.63, 3.8) is 0 Å². The fraction of sp³-hybridized carbons (Fsp3) is 0.286. The van der Waals surface area contributed by atoms with E-state index in [1.165, 1.54) is 16.9 Å². The van der Waals surface area contributed by atoms with Crippen molar-refractivity contribution in [3.8, 4) is 10.4 Å². The van der Waals surface area contributed by atoms with Crippen molar-refractivity contribution in [1.82, 2.24) is 9.97 Å². The normalized spacial score (nSPS) is 12.9. The zero-order valence-electron chi connectivity index (χ0n) is 11.1. The van der Waals surface area contributed by atoms with Gasteiger partial charge < -0.3 is 4.98 Å². The van der Waals surface area contributed by atoms with Gasteiger partial charge in [-0.3, -0.25) is 4.79 Å². The topological polar surface area (TPSA) is 45.8 Å². The second kappa shape index (κ2) is 5.31. The number of H-pyrrole nitrogens is 1. The van der Waals surface area contributed by atoms with Gasteiger partial charge in [0.05, 0.1) is 10.8 Å². The molecule has 0 saturated heterocycles. The molecule has 0 aliphatic rings.